The number of esters is 1. The molecular formula is C15H26O3S. The highest BCUT2D eigenvalue weighted by atomic mass is 32.2. The minimum Gasteiger partial charge on any atom is -0.438 e. The molecule has 3 unspecified atom stereocenters. The summed E-state index contributed by atoms with van der Waals surface area (Å²) >= 11 is 1.66. The van der Waals surface area contributed by atoms with Crippen LogP contribution in [0.1, 0.15) is 51.4 Å². The lowest BCUT2D eigenvalue weighted by Crippen LogP contribution is -2.32. The molecule has 3 atom stereocenters. The zero-order chi connectivity index (χ0) is 13.5. The van der Waals surface area contributed by atoms with Gasteiger partial charge in [-0.3, -0.25) is 4.79 Å². The zero-order valence-electron chi connectivity index (χ0n) is 11.9. The molecular weight excluding hydrogens is 260 g/mol. The molecule has 110 valence electrons. The fourth-order valence-electron chi connectivity index (χ4n) is 3.44. The Kier molecular flexibility index (Phi) is 6.51. The van der Waals surface area contributed by atoms with Gasteiger partial charge in [-0.15, -0.1) is 0 Å². The van der Waals surface area contributed by atoms with Gasteiger partial charge < -0.3 is 9.47 Å². The van der Waals surface area contributed by atoms with Gasteiger partial charge in [-0.05, 0) is 37.4 Å². The molecule has 2 aliphatic rings. The predicted molar refractivity (Wildman–Crippen MR) is 78.1 cm³/mol. The van der Waals surface area contributed by atoms with E-state index in [-0.39, 0.29) is 12.8 Å². The number of carbonyl (C=O) groups is 1. The maximum absolute atomic E-state index is 11.4. The molecule has 0 aromatic rings. The number of rotatable bonds is 6. The van der Waals surface area contributed by atoms with Crippen LogP contribution in [0.4, 0.5) is 0 Å². The van der Waals surface area contributed by atoms with E-state index >= 15 is 0 Å². The van der Waals surface area contributed by atoms with Crippen molar-refractivity contribution < 1.29 is 14.3 Å². The molecule has 0 spiro atoms. The van der Waals surface area contributed by atoms with Crippen molar-refractivity contribution in [3.8, 4) is 0 Å². The van der Waals surface area contributed by atoms with Gasteiger partial charge in [0.1, 0.15) is 0 Å². The van der Waals surface area contributed by atoms with E-state index in [1.807, 2.05) is 6.26 Å². The largest absolute Gasteiger partial charge is 0.438 e. The first kappa shape index (κ1) is 15.2. The van der Waals surface area contributed by atoms with E-state index in [0.29, 0.717) is 12.5 Å². The first-order valence-electron chi connectivity index (χ1n) is 7.55. The molecule has 0 aromatic heterocycles. The lowest BCUT2D eigenvalue weighted by atomic mass is 9.70. The van der Waals surface area contributed by atoms with Gasteiger partial charge in [0.05, 0.1) is 12.5 Å². The van der Waals surface area contributed by atoms with Crippen molar-refractivity contribution in [1.82, 2.24) is 0 Å². The number of fused-ring (bicyclic) bond motifs is 1. The van der Waals surface area contributed by atoms with Crippen LogP contribution in [0.5, 0.6) is 0 Å². The SMILES string of the molecule is CSCCC(=O)OCOC1CCC2CCCCC2C1. The van der Waals surface area contributed by atoms with E-state index in [4.69, 9.17) is 9.47 Å². The van der Waals surface area contributed by atoms with Gasteiger partial charge in [-0.2, -0.15) is 11.8 Å². The Morgan fingerprint density at radius 2 is 1.95 bits per heavy atom. The second kappa shape index (κ2) is 8.15. The van der Waals surface area contributed by atoms with E-state index in [9.17, 15) is 4.79 Å². The van der Waals surface area contributed by atoms with Crippen molar-refractivity contribution in [1.29, 1.82) is 0 Å². The summed E-state index contributed by atoms with van der Waals surface area (Å²) < 4.78 is 10.8. The van der Waals surface area contributed by atoms with Gasteiger partial charge in [0.15, 0.2) is 6.79 Å². The summed E-state index contributed by atoms with van der Waals surface area (Å²) in [5.41, 5.74) is 0. The molecule has 0 bridgehead atoms. The van der Waals surface area contributed by atoms with Crippen LogP contribution < -0.4 is 0 Å². The smallest absolute Gasteiger partial charge is 0.308 e. The molecule has 19 heavy (non-hydrogen) atoms. The first-order chi connectivity index (χ1) is 9.29. The summed E-state index contributed by atoms with van der Waals surface area (Å²) in [4.78, 5) is 11.4. The maximum Gasteiger partial charge on any atom is 0.308 e. The van der Waals surface area contributed by atoms with E-state index in [2.05, 4.69) is 0 Å². The monoisotopic (exact) mass is 286 g/mol. The Morgan fingerprint density at radius 3 is 2.74 bits per heavy atom. The summed E-state index contributed by atoms with van der Waals surface area (Å²) in [5.74, 6) is 2.49. The van der Waals surface area contributed by atoms with Gasteiger partial charge in [0, 0.05) is 5.75 Å². The Bertz CT molecular complexity index is 283. The molecule has 0 saturated heterocycles. The number of thioether (sulfide) groups is 1. The third-order valence-corrected chi connectivity index (χ3v) is 5.14. The fourth-order valence-corrected chi connectivity index (χ4v) is 3.81. The Labute approximate surface area is 120 Å². The average molecular weight is 286 g/mol. The van der Waals surface area contributed by atoms with Crippen LogP contribution in [0.15, 0.2) is 0 Å². The molecule has 0 radical (unpaired) electrons. The highest BCUT2D eigenvalue weighted by Crippen LogP contribution is 2.41. The van der Waals surface area contributed by atoms with Gasteiger partial charge in [0.2, 0.25) is 0 Å². The molecule has 2 aliphatic carbocycles. The lowest BCUT2D eigenvalue weighted by Gasteiger charge is -2.38. The number of carbonyl (C=O) groups excluding carboxylic acids is 1. The van der Waals surface area contributed by atoms with Crippen LogP contribution in [0.2, 0.25) is 0 Å². The minimum absolute atomic E-state index is 0.138. The van der Waals surface area contributed by atoms with Crippen molar-refractivity contribution in [3.05, 3.63) is 0 Å². The van der Waals surface area contributed by atoms with Gasteiger partial charge in [0.25, 0.3) is 0 Å². The summed E-state index contributed by atoms with van der Waals surface area (Å²) in [6.07, 6.45) is 12.0. The molecule has 0 aliphatic heterocycles. The standard InChI is InChI=1S/C15H26O3S/c1-19-9-8-15(16)18-11-17-14-7-6-12-4-2-3-5-13(12)10-14/h12-14H,2-11H2,1H3. The van der Waals surface area contributed by atoms with Gasteiger partial charge >= 0.3 is 5.97 Å². The third-order valence-electron chi connectivity index (χ3n) is 4.53. The third kappa shape index (κ3) is 4.99. The Morgan fingerprint density at radius 1 is 1.16 bits per heavy atom. The lowest BCUT2D eigenvalue weighted by molar-refractivity contribution is -0.163. The first-order valence-corrected chi connectivity index (χ1v) is 8.95. The topological polar surface area (TPSA) is 35.5 Å². The van der Waals surface area contributed by atoms with Crippen molar-refractivity contribution in [2.75, 3.05) is 18.8 Å². The van der Waals surface area contributed by atoms with Crippen molar-refractivity contribution in [2.45, 2.75) is 57.5 Å². The van der Waals surface area contributed by atoms with E-state index in [1.54, 1.807) is 11.8 Å². The predicted octanol–water partition coefficient (Wildman–Crippen LogP) is 3.62. The summed E-state index contributed by atoms with van der Waals surface area (Å²) in [7, 11) is 0. The molecule has 0 N–H and O–H groups in total. The Balaban J connectivity index is 1.60. The van der Waals surface area contributed by atoms with Crippen LogP contribution in [-0.4, -0.2) is 30.9 Å². The van der Waals surface area contributed by atoms with Crippen molar-refractivity contribution in [3.63, 3.8) is 0 Å². The van der Waals surface area contributed by atoms with E-state index < -0.39 is 0 Å². The highest BCUT2D eigenvalue weighted by Gasteiger charge is 2.32. The van der Waals surface area contributed by atoms with Gasteiger partial charge in [-0.25, -0.2) is 0 Å². The molecule has 2 saturated carbocycles. The van der Waals surface area contributed by atoms with Crippen LogP contribution in [0, 0.1) is 11.8 Å². The number of hydrogen-bond donors (Lipinski definition) is 0. The van der Waals surface area contributed by atoms with E-state index in [1.165, 1.54) is 38.5 Å². The van der Waals surface area contributed by atoms with Crippen molar-refractivity contribution >= 4 is 17.7 Å². The van der Waals surface area contributed by atoms with E-state index in [0.717, 1.165) is 24.0 Å². The van der Waals surface area contributed by atoms with Crippen molar-refractivity contribution in [2.24, 2.45) is 11.8 Å². The molecule has 0 aromatic carbocycles. The quantitative estimate of drug-likeness (QED) is 0.552. The second-order valence-electron chi connectivity index (χ2n) is 5.78. The summed E-state index contributed by atoms with van der Waals surface area (Å²) in [5, 5.41) is 0. The Hall–Kier alpha value is -0.220. The fraction of sp³-hybridized carbons (Fsp3) is 0.933. The van der Waals surface area contributed by atoms with Crippen LogP contribution >= 0.6 is 11.8 Å². The van der Waals surface area contributed by atoms with Crippen LogP contribution in [0.25, 0.3) is 0 Å². The van der Waals surface area contributed by atoms with Crippen LogP contribution in [-0.2, 0) is 14.3 Å². The van der Waals surface area contributed by atoms with Gasteiger partial charge in [-0.1, -0.05) is 25.7 Å². The number of hydrogen-bond acceptors (Lipinski definition) is 4. The van der Waals surface area contributed by atoms with Crippen LogP contribution in [0.3, 0.4) is 0 Å². The minimum atomic E-state index is -0.138. The molecule has 2 fully saturated rings. The zero-order valence-corrected chi connectivity index (χ0v) is 12.8. The average Bonchev–Trinajstić information content (AvgIpc) is 2.45. The molecule has 2 rings (SSSR count). The normalized spacial score (nSPS) is 30.7. The molecule has 0 heterocycles. The maximum atomic E-state index is 11.4. The highest BCUT2D eigenvalue weighted by molar-refractivity contribution is 7.98. The molecule has 3 nitrogen and oxygen atoms in total. The summed E-state index contributed by atoms with van der Waals surface area (Å²) in [6.45, 7) is 0.148. The molecule has 4 heteroatoms. The molecule has 0 amide bonds. The second-order valence-corrected chi connectivity index (χ2v) is 6.77. The number of ether oxygens (including phenoxy) is 2. The summed E-state index contributed by atoms with van der Waals surface area (Å²) in [6, 6.07) is 0.